The number of aryl methyl sites for hydroxylation is 1. The Morgan fingerprint density at radius 3 is 2.17 bits per heavy atom. The Bertz CT molecular complexity index is 1940. The van der Waals surface area contributed by atoms with E-state index in [1.54, 1.807) is 29.9 Å². The van der Waals surface area contributed by atoms with Crippen molar-refractivity contribution in [1.29, 1.82) is 0 Å². The molecule has 3 aromatic heterocycles. The van der Waals surface area contributed by atoms with Crippen LogP contribution in [0.5, 0.6) is 11.8 Å². The van der Waals surface area contributed by atoms with Gasteiger partial charge in [-0.2, -0.15) is 4.98 Å². The quantitative estimate of drug-likeness (QED) is 0.200. The summed E-state index contributed by atoms with van der Waals surface area (Å²) in [6, 6.07) is 25.0. The van der Waals surface area contributed by atoms with Gasteiger partial charge >= 0.3 is 11.7 Å². The van der Waals surface area contributed by atoms with Gasteiger partial charge in [-0.1, -0.05) is 60.7 Å². The number of benzene rings is 2. The molecule has 2 aromatic carbocycles. The summed E-state index contributed by atoms with van der Waals surface area (Å²) in [5.41, 5.74) is 2.26. The normalized spacial score (nSPS) is 14.6. The second-order valence-electron chi connectivity index (χ2n) is 13.2. The summed E-state index contributed by atoms with van der Waals surface area (Å²) in [6.45, 7) is 7.06. The van der Waals surface area contributed by atoms with Crippen molar-refractivity contribution >= 4 is 22.8 Å². The Labute approximate surface area is 279 Å². The van der Waals surface area contributed by atoms with Crippen LogP contribution in [0.25, 0.3) is 16.9 Å². The van der Waals surface area contributed by atoms with Crippen molar-refractivity contribution in [2.45, 2.75) is 64.4 Å². The van der Waals surface area contributed by atoms with Crippen LogP contribution in [0.15, 0.2) is 89.9 Å². The summed E-state index contributed by atoms with van der Waals surface area (Å²) >= 11 is 0. The molecule has 4 heterocycles. The number of imidazole rings is 1. The van der Waals surface area contributed by atoms with Gasteiger partial charge < -0.3 is 24.2 Å². The minimum Gasteiger partial charge on any atom is -0.473 e. The molecule has 1 aliphatic rings. The van der Waals surface area contributed by atoms with Crippen LogP contribution in [0, 0.1) is 0 Å². The average Bonchev–Trinajstić information content (AvgIpc) is 3.31. The number of anilines is 1. The van der Waals surface area contributed by atoms with E-state index in [9.17, 15) is 14.7 Å². The third kappa shape index (κ3) is 7.52. The number of rotatable bonds is 10. The third-order valence-corrected chi connectivity index (χ3v) is 8.34. The molecule has 0 saturated carbocycles. The zero-order chi connectivity index (χ0) is 33.9. The number of nitrogens with zero attached hydrogens (tertiary/aromatic N) is 5. The van der Waals surface area contributed by atoms with Crippen molar-refractivity contribution in [3.8, 4) is 17.4 Å². The van der Waals surface area contributed by atoms with Crippen LogP contribution in [-0.2, 0) is 29.8 Å². The van der Waals surface area contributed by atoms with Gasteiger partial charge in [0, 0.05) is 26.2 Å². The maximum Gasteiger partial charge on any atom is 0.334 e. The van der Waals surface area contributed by atoms with Crippen LogP contribution in [0.2, 0.25) is 0 Å². The number of hydrogen-bond donors (Lipinski definition) is 1. The fourth-order valence-electron chi connectivity index (χ4n) is 5.82. The molecule has 11 nitrogen and oxygen atoms in total. The highest BCUT2D eigenvalue weighted by Crippen LogP contribution is 2.32. The lowest BCUT2D eigenvalue weighted by atomic mass is 9.88. The molecule has 5 aromatic rings. The second kappa shape index (κ2) is 13.5. The van der Waals surface area contributed by atoms with Gasteiger partial charge in [0.1, 0.15) is 24.5 Å². The molecule has 48 heavy (non-hydrogen) atoms. The Hall–Kier alpha value is -5.16. The molecule has 1 aliphatic heterocycles. The highest BCUT2D eigenvalue weighted by molar-refractivity contribution is 5.78. The molecule has 250 valence electrons. The smallest absolute Gasteiger partial charge is 0.334 e. The van der Waals surface area contributed by atoms with Gasteiger partial charge in [0.05, 0.1) is 29.4 Å². The summed E-state index contributed by atoms with van der Waals surface area (Å²) in [4.78, 5) is 37.7. The molecule has 1 saturated heterocycles. The highest BCUT2D eigenvalue weighted by atomic mass is 16.6. The van der Waals surface area contributed by atoms with Crippen molar-refractivity contribution in [2.24, 2.45) is 7.05 Å². The zero-order valence-electron chi connectivity index (χ0n) is 27.8. The Morgan fingerprint density at radius 1 is 0.917 bits per heavy atom. The third-order valence-electron chi connectivity index (χ3n) is 8.34. The molecule has 6 rings (SSSR count). The van der Waals surface area contributed by atoms with Crippen LogP contribution >= 0.6 is 0 Å². The topological polar surface area (TPSA) is 121 Å². The molecule has 0 aliphatic carbocycles. The largest absolute Gasteiger partial charge is 0.473 e. The van der Waals surface area contributed by atoms with E-state index in [0.717, 1.165) is 16.8 Å². The lowest BCUT2D eigenvalue weighted by Gasteiger charge is -2.39. The van der Waals surface area contributed by atoms with Gasteiger partial charge in [0.15, 0.2) is 5.65 Å². The molecule has 1 N–H and O–H groups in total. The van der Waals surface area contributed by atoms with Crippen molar-refractivity contribution in [2.75, 3.05) is 18.0 Å². The number of hydrogen-bond acceptors (Lipinski definition) is 9. The molecule has 11 heteroatoms. The van der Waals surface area contributed by atoms with E-state index in [1.807, 2.05) is 87.5 Å². The maximum atomic E-state index is 13.8. The number of carbonyl (C=O) groups is 1. The Balaban J connectivity index is 1.26. The molecule has 0 radical (unpaired) electrons. The fraction of sp³-hybridized carbons (Fsp3) is 0.351. The maximum absolute atomic E-state index is 13.8. The van der Waals surface area contributed by atoms with Crippen molar-refractivity contribution in [3.63, 3.8) is 0 Å². The van der Waals surface area contributed by atoms with E-state index >= 15 is 0 Å². The summed E-state index contributed by atoms with van der Waals surface area (Å²) in [5.74, 6) is 0.200. The minimum absolute atomic E-state index is 0.0501. The van der Waals surface area contributed by atoms with Crippen molar-refractivity contribution < 1.29 is 24.1 Å². The molecular weight excluding hydrogens is 610 g/mol. The van der Waals surface area contributed by atoms with E-state index in [-0.39, 0.29) is 24.6 Å². The first-order valence-corrected chi connectivity index (χ1v) is 16.1. The first kappa shape index (κ1) is 32.8. The van der Waals surface area contributed by atoms with Gasteiger partial charge in [-0.3, -0.25) is 9.36 Å². The van der Waals surface area contributed by atoms with Gasteiger partial charge in [-0.15, -0.1) is 0 Å². The molecule has 0 amide bonds. The molecule has 0 unspecified atom stereocenters. The van der Waals surface area contributed by atoms with E-state index in [4.69, 9.17) is 19.2 Å². The monoisotopic (exact) mass is 651 g/mol. The van der Waals surface area contributed by atoms with Crippen LogP contribution in [-0.4, -0.2) is 54.5 Å². The van der Waals surface area contributed by atoms with Gasteiger partial charge in [-0.25, -0.2) is 14.3 Å². The fourth-order valence-corrected chi connectivity index (χ4v) is 5.82. The summed E-state index contributed by atoms with van der Waals surface area (Å²) in [7, 11) is 1.71. The number of esters is 1. The molecular formula is C37H41N5O6. The van der Waals surface area contributed by atoms with E-state index in [2.05, 4.69) is 9.88 Å². The zero-order valence-corrected chi connectivity index (χ0v) is 27.8. The van der Waals surface area contributed by atoms with Crippen LogP contribution in [0.1, 0.15) is 51.2 Å². The Kier molecular flexibility index (Phi) is 9.23. The van der Waals surface area contributed by atoms with Crippen molar-refractivity contribution in [3.05, 3.63) is 107 Å². The molecule has 0 bridgehead atoms. The standard InChI is InChI=1S/C37H41N5O6/c1-36(2,3)48-32(43)22-37(45)17-19-41(20-18-37)28-21-30-33(38-23-28)42(35(44)40(30)4)29-15-16-31(46-24-26-11-7-5-8-12-26)39-34(29)47-25-27-13-9-6-10-14-27/h5-16,21,23,45H,17-20,22,24-25H2,1-4H3. The lowest BCUT2D eigenvalue weighted by Crippen LogP contribution is -2.46. The number of piperidine rings is 1. The molecule has 0 atom stereocenters. The first-order chi connectivity index (χ1) is 23.0. The number of aromatic nitrogens is 4. The Morgan fingerprint density at radius 2 is 1.54 bits per heavy atom. The second-order valence-corrected chi connectivity index (χ2v) is 13.2. The minimum atomic E-state index is -1.13. The highest BCUT2D eigenvalue weighted by Gasteiger charge is 2.36. The van der Waals surface area contributed by atoms with Crippen molar-refractivity contribution in [1.82, 2.24) is 19.1 Å². The summed E-state index contributed by atoms with van der Waals surface area (Å²) < 4.78 is 20.7. The van der Waals surface area contributed by atoms with Crippen LogP contribution < -0.4 is 20.1 Å². The predicted molar refractivity (Wildman–Crippen MR) is 183 cm³/mol. The summed E-state index contributed by atoms with van der Waals surface area (Å²) in [5, 5.41) is 11.1. The van der Waals surface area contributed by atoms with Gasteiger partial charge in [0.25, 0.3) is 0 Å². The number of aliphatic hydroxyl groups is 1. The number of fused-ring (bicyclic) bond motifs is 1. The predicted octanol–water partition coefficient (Wildman–Crippen LogP) is 5.34. The van der Waals surface area contributed by atoms with Crippen LogP contribution in [0.3, 0.4) is 0 Å². The van der Waals surface area contributed by atoms with E-state index in [1.165, 1.54) is 4.57 Å². The SMILES string of the molecule is Cn1c(=O)n(-c2ccc(OCc3ccccc3)nc2OCc2ccccc2)c2ncc(N3CCC(O)(CC(=O)OC(C)(C)C)CC3)cc21. The molecule has 1 fully saturated rings. The van der Waals surface area contributed by atoms with E-state index in [0.29, 0.717) is 55.3 Å². The number of carbonyl (C=O) groups excluding carboxylic acids is 1. The van der Waals surface area contributed by atoms with E-state index < -0.39 is 17.2 Å². The number of ether oxygens (including phenoxy) is 3. The number of pyridine rings is 2. The first-order valence-electron chi connectivity index (χ1n) is 16.1. The van der Waals surface area contributed by atoms with Gasteiger partial charge in [0.2, 0.25) is 11.8 Å². The molecule has 0 spiro atoms. The van der Waals surface area contributed by atoms with Gasteiger partial charge in [-0.05, 0) is 56.9 Å². The van der Waals surface area contributed by atoms with Crippen LogP contribution in [0.4, 0.5) is 5.69 Å². The summed E-state index contributed by atoms with van der Waals surface area (Å²) in [6.07, 6.45) is 2.48. The lowest BCUT2D eigenvalue weighted by molar-refractivity contribution is -0.161. The average molecular weight is 652 g/mol.